The third-order valence-corrected chi connectivity index (χ3v) is 7.83. The molecule has 2 fully saturated rings. The number of thioether (sulfide) groups is 1. The Balaban J connectivity index is 1.45. The number of para-hydroxylation sites is 2. The van der Waals surface area contributed by atoms with Crippen molar-refractivity contribution in [3.63, 3.8) is 0 Å². The summed E-state index contributed by atoms with van der Waals surface area (Å²) in [4.78, 5) is 41.7. The van der Waals surface area contributed by atoms with Gasteiger partial charge in [0.05, 0.1) is 36.6 Å². The molecule has 186 valence electrons. The van der Waals surface area contributed by atoms with Crippen LogP contribution in [0.1, 0.15) is 5.56 Å². The Labute approximate surface area is 240 Å². The number of carbonyl (C=O) groups is 3. The van der Waals surface area contributed by atoms with E-state index >= 15 is 0 Å². The Morgan fingerprint density at radius 1 is 1.19 bits per heavy atom. The number of morpholine rings is 1. The SMILES string of the molecule is C#CCOc1c(I)cc(/C=C2\SC(=O)N(CC(=O)Nc3ccccc3N3CCOCC3)C2=O)cc1I. The number of anilines is 2. The number of carbonyl (C=O) groups excluding carboxylic acids is 3. The Hall–Kier alpha value is -2.28. The van der Waals surface area contributed by atoms with E-state index in [2.05, 4.69) is 61.3 Å². The second-order valence-electron chi connectivity index (χ2n) is 7.74. The zero-order chi connectivity index (χ0) is 25.7. The quantitative estimate of drug-likeness (QED) is 0.257. The number of rotatable bonds is 7. The number of benzene rings is 2. The predicted octanol–water partition coefficient (Wildman–Crippen LogP) is 4.42. The van der Waals surface area contributed by atoms with Crippen molar-refractivity contribution in [3.8, 4) is 18.1 Å². The molecule has 36 heavy (non-hydrogen) atoms. The maximum absolute atomic E-state index is 13.0. The number of amides is 3. The summed E-state index contributed by atoms with van der Waals surface area (Å²) in [5.74, 6) is 2.17. The number of terminal acetylenes is 1. The van der Waals surface area contributed by atoms with Crippen molar-refractivity contribution in [3.05, 3.63) is 54.0 Å². The zero-order valence-corrected chi connectivity index (χ0v) is 24.1. The first kappa shape index (κ1) is 26.8. The van der Waals surface area contributed by atoms with Crippen LogP contribution in [0.25, 0.3) is 6.08 Å². The van der Waals surface area contributed by atoms with Crippen LogP contribution in [0.15, 0.2) is 41.3 Å². The Kier molecular flexibility index (Phi) is 9.15. The van der Waals surface area contributed by atoms with Gasteiger partial charge in [0, 0.05) is 13.1 Å². The molecule has 2 saturated heterocycles. The third-order valence-electron chi connectivity index (χ3n) is 5.32. The Bertz CT molecular complexity index is 1250. The zero-order valence-electron chi connectivity index (χ0n) is 19.0. The molecule has 4 rings (SSSR count). The van der Waals surface area contributed by atoms with Gasteiger partial charge < -0.3 is 19.7 Å². The smallest absolute Gasteiger partial charge is 0.294 e. The maximum Gasteiger partial charge on any atom is 0.294 e. The number of hydrogen-bond donors (Lipinski definition) is 1. The largest absolute Gasteiger partial charge is 0.479 e. The normalized spacial score (nSPS) is 16.9. The average molecular weight is 729 g/mol. The van der Waals surface area contributed by atoms with Gasteiger partial charge in [-0.15, -0.1) is 6.42 Å². The van der Waals surface area contributed by atoms with Gasteiger partial charge in [0.1, 0.15) is 18.9 Å². The van der Waals surface area contributed by atoms with Crippen molar-refractivity contribution < 1.29 is 23.9 Å². The van der Waals surface area contributed by atoms with Gasteiger partial charge in [0.25, 0.3) is 11.1 Å². The Morgan fingerprint density at radius 2 is 1.89 bits per heavy atom. The lowest BCUT2D eigenvalue weighted by molar-refractivity contribution is -0.127. The first-order chi connectivity index (χ1) is 17.4. The van der Waals surface area contributed by atoms with Crippen LogP contribution < -0.4 is 15.0 Å². The summed E-state index contributed by atoms with van der Waals surface area (Å²) in [5.41, 5.74) is 2.25. The highest BCUT2D eigenvalue weighted by molar-refractivity contribution is 14.1. The fraction of sp³-hybridized carbons (Fsp3) is 0.240. The summed E-state index contributed by atoms with van der Waals surface area (Å²) in [5, 5.41) is 2.37. The molecule has 2 aromatic rings. The minimum Gasteiger partial charge on any atom is -0.479 e. The lowest BCUT2D eigenvalue weighted by atomic mass is 10.2. The summed E-state index contributed by atoms with van der Waals surface area (Å²) in [6.07, 6.45) is 6.92. The molecule has 2 aromatic carbocycles. The number of ether oxygens (including phenoxy) is 2. The molecular weight excluding hydrogens is 708 g/mol. The number of nitrogens with zero attached hydrogens (tertiary/aromatic N) is 2. The lowest BCUT2D eigenvalue weighted by Gasteiger charge is -2.30. The maximum atomic E-state index is 13.0. The van der Waals surface area contributed by atoms with Gasteiger partial charge in [-0.3, -0.25) is 19.3 Å². The van der Waals surface area contributed by atoms with E-state index in [1.807, 2.05) is 30.3 Å². The van der Waals surface area contributed by atoms with Crippen molar-refractivity contribution in [2.24, 2.45) is 0 Å². The molecule has 0 aliphatic carbocycles. The second-order valence-corrected chi connectivity index (χ2v) is 11.1. The predicted molar refractivity (Wildman–Crippen MR) is 157 cm³/mol. The molecule has 0 spiro atoms. The highest BCUT2D eigenvalue weighted by atomic mass is 127. The Morgan fingerprint density at radius 3 is 2.58 bits per heavy atom. The molecule has 2 heterocycles. The van der Waals surface area contributed by atoms with E-state index in [0.29, 0.717) is 24.7 Å². The highest BCUT2D eigenvalue weighted by Gasteiger charge is 2.36. The standard InChI is InChI=1S/C25H21I2N3O5S/c1-2-9-35-23-17(26)12-16(13-18(23)27)14-21-24(32)30(25(33)36-21)15-22(31)28-19-5-3-4-6-20(19)29-7-10-34-11-8-29/h1,3-6,12-14H,7-11,15H2,(H,28,31)/b21-14-. The summed E-state index contributed by atoms with van der Waals surface area (Å²) < 4.78 is 12.6. The molecular formula is C25H21I2N3O5S. The summed E-state index contributed by atoms with van der Waals surface area (Å²) >= 11 is 5.09. The molecule has 0 saturated carbocycles. The van der Waals surface area contributed by atoms with Gasteiger partial charge in [-0.2, -0.15) is 0 Å². The van der Waals surface area contributed by atoms with Crippen LogP contribution in [0.2, 0.25) is 0 Å². The number of imide groups is 1. The average Bonchev–Trinajstić information content (AvgIpc) is 3.11. The number of hydrogen-bond acceptors (Lipinski definition) is 7. The second kappa shape index (κ2) is 12.3. The van der Waals surface area contributed by atoms with Gasteiger partial charge >= 0.3 is 0 Å². The molecule has 0 radical (unpaired) electrons. The van der Waals surface area contributed by atoms with Crippen LogP contribution in [0.3, 0.4) is 0 Å². The summed E-state index contributed by atoms with van der Waals surface area (Å²) in [6.45, 7) is 2.45. The van der Waals surface area contributed by atoms with Gasteiger partial charge in [-0.1, -0.05) is 18.1 Å². The van der Waals surface area contributed by atoms with E-state index < -0.39 is 17.1 Å². The minimum atomic E-state index is -0.501. The molecule has 1 N–H and O–H groups in total. The van der Waals surface area contributed by atoms with Crippen LogP contribution >= 0.6 is 56.9 Å². The molecule has 2 aliphatic rings. The molecule has 2 aliphatic heterocycles. The lowest BCUT2D eigenvalue weighted by Crippen LogP contribution is -2.38. The van der Waals surface area contributed by atoms with Crippen LogP contribution in [0, 0.1) is 19.5 Å². The number of halogens is 2. The molecule has 8 nitrogen and oxygen atoms in total. The topological polar surface area (TPSA) is 88.2 Å². The van der Waals surface area contributed by atoms with Crippen LogP contribution in [-0.4, -0.2) is 61.4 Å². The van der Waals surface area contributed by atoms with E-state index in [4.69, 9.17) is 15.9 Å². The number of nitrogens with one attached hydrogen (secondary N) is 1. The van der Waals surface area contributed by atoms with Gasteiger partial charge in [0.2, 0.25) is 5.91 Å². The fourth-order valence-electron chi connectivity index (χ4n) is 3.69. The van der Waals surface area contributed by atoms with Gasteiger partial charge in [0.15, 0.2) is 0 Å². The van der Waals surface area contributed by atoms with E-state index in [-0.39, 0.29) is 18.1 Å². The minimum absolute atomic E-state index is 0.156. The van der Waals surface area contributed by atoms with Crippen LogP contribution in [0.4, 0.5) is 16.2 Å². The molecule has 0 bridgehead atoms. The van der Waals surface area contributed by atoms with E-state index in [0.717, 1.165) is 48.1 Å². The molecule has 11 heteroatoms. The summed E-state index contributed by atoms with van der Waals surface area (Å²) in [7, 11) is 0. The van der Waals surface area contributed by atoms with Crippen molar-refractivity contribution >= 4 is 91.4 Å². The van der Waals surface area contributed by atoms with Gasteiger partial charge in [-0.05, 0) is 92.8 Å². The first-order valence-corrected chi connectivity index (χ1v) is 13.9. The van der Waals surface area contributed by atoms with Crippen molar-refractivity contribution in [2.75, 3.05) is 49.7 Å². The van der Waals surface area contributed by atoms with E-state index in [1.54, 1.807) is 12.1 Å². The van der Waals surface area contributed by atoms with Crippen LogP contribution in [-0.2, 0) is 14.3 Å². The van der Waals surface area contributed by atoms with E-state index in [9.17, 15) is 14.4 Å². The first-order valence-electron chi connectivity index (χ1n) is 10.9. The highest BCUT2D eigenvalue weighted by Crippen LogP contribution is 2.35. The third kappa shape index (κ3) is 6.34. The molecule has 0 aromatic heterocycles. The molecule has 3 amide bonds. The monoisotopic (exact) mass is 729 g/mol. The molecule has 0 atom stereocenters. The van der Waals surface area contributed by atoms with Gasteiger partial charge in [-0.25, -0.2) is 0 Å². The van der Waals surface area contributed by atoms with Crippen molar-refractivity contribution in [1.82, 2.24) is 4.90 Å². The fourth-order valence-corrected chi connectivity index (χ4v) is 6.66. The summed E-state index contributed by atoms with van der Waals surface area (Å²) in [6, 6.07) is 11.1. The van der Waals surface area contributed by atoms with Crippen molar-refractivity contribution in [2.45, 2.75) is 0 Å². The molecule has 0 unspecified atom stereocenters. The van der Waals surface area contributed by atoms with E-state index in [1.165, 1.54) is 0 Å². The van der Waals surface area contributed by atoms with Crippen LogP contribution in [0.5, 0.6) is 5.75 Å². The van der Waals surface area contributed by atoms with Crippen molar-refractivity contribution in [1.29, 1.82) is 0 Å².